The summed E-state index contributed by atoms with van der Waals surface area (Å²) in [6.07, 6.45) is 0. The van der Waals surface area contributed by atoms with Crippen molar-refractivity contribution in [1.82, 2.24) is 5.32 Å². The highest BCUT2D eigenvalue weighted by Crippen LogP contribution is 2.17. The summed E-state index contributed by atoms with van der Waals surface area (Å²) in [5, 5.41) is 3.79. The fourth-order valence-corrected chi connectivity index (χ4v) is 2.20. The van der Waals surface area contributed by atoms with Crippen molar-refractivity contribution in [3.8, 4) is 0 Å². The highest BCUT2D eigenvalue weighted by molar-refractivity contribution is 6.30. The predicted octanol–water partition coefficient (Wildman–Crippen LogP) is 4.64. The average molecular weight is 278 g/mol. The molecule has 0 aliphatic rings. The van der Waals surface area contributed by atoms with Gasteiger partial charge in [0.15, 0.2) is 0 Å². The Morgan fingerprint density at radius 3 is 2.47 bits per heavy atom. The lowest BCUT2D eigenvalue weighted by molar-refractivity contribution is 0.569. The maximum Gasteiger partial charge on any atom is 0.125 e. The fourth-order valence-electron chi connectivity index (χ4n) is 1.96. The lowest BCUT2D eigenvalue weighted by Crippen LogP contribution is -2.18. The molecule has 0 spiro atoms. The van der Waals surface area contributed by atoms with Crippen LogP contribution < -0.4 is 5.32 Å². The molecule has 1 nitrogen and oxygen atoms in total. The Balaban J connectivity index is 1.99. The van der Waals surface area contributed by atoms with Gasteiger partial charge in [-0.25, -0.2) is 4.39 Å². The zero-order valence-electron chi connectivity index (χ0n) is 11.1. The summed E-state index contributed by atoms with van der Waals surface area (Å²) in [5.74, 6) is -0.299. The number of halogens is 2. The van der Waals surface area contributed by atoms with Gasteiger partial charge in [-0.1, -0.05) is 41.4 Å². The minimum Gasteiger partial charge on any atom is -0.306 e. The quantitative estimate of drug-likeness (QED) is 0.858. The number of aryl methyl sites for hydroxylation is 1. The Morgan fingerprint density at radius 1 is 1.16 bits per heavy atom. The van der Waals surface area contributed by atoms with Crippen molar-refractivity contribution < 1.29 is 4.39 Å². The second kappa shape index (κ2) is 6.18. The molecule has 1 atom stereocenters. The molecule has 2 aromatic rings. The zero-order chi connectivity index (χ0) is 13.8. The highest BCUT2D eigenvalue weighted by Gasteiger charge is 2.05. The maximum absolute atomic E-state index is 13.2. The Morgan fingerprint density at radius 2 is 1.84 bits per heavy atom. The molecule has 0 heterocycles. The molecular formula is C16H17ClFN. The van der Waals surface area contributed by atoms with Crippen molar-refractivity contribution in [3.63, 3.8) is 0 Å². The van der Waals surface area contributed by atoms with Crippen LogP contribution in [-0.4, -0.2) is 0 Å². The average Bonchev–Trinajstić information content (AvgIpc) is 2.36. The molecule has 2 aromatic carbocycles. The van der Waals surface area contributed by atoms with Crippen LogP contribution in [0.1, 0.15) is 29.7 Å². The number of rotatable bonds is 4. The molecule has 0 saturated carbocycles. The number of benzene rings is 2. The molecule has 2 rings (SSSR count). The minimum atomic E-state index is -0.299. The number of hydrogen-bond acceptors (Lipinski definition) is 1. The topological polar surface area (TPSA) is 12.0 Å². The first-order valence-corrected chi connectivity index (χ1v) is 6.67. The van der Waals surface area contributed by atoms with E-state index >= 15 is 0 Å². The van der Waals surface area contributed by atoms with Crippen LogP contribution in [0.5, 0.6) is 0 Å². The van der Waals surface area contributed by atoms with E-state index in [0.29, 0.717) is 11.6 Å². The monoisotopic (exact) mass is 277 g/mol. The third-order valence-corrected chi connectivity index (χ3v) is 3.33. The Labute approximate surface area is 118 Å². The van der Waals surface area contributed by atoms with Gasteiger partial charge < -0.3 is 5.32 Å². The van der Waals surface area contributed by atoms with E-state index in [-0.39, 0.29) is 11.9 Å². The molecule has 0 aromatic heterocycles. The van der Waals surface area contributed by atoms with Gasteiger partial charge in [0, 0.05) is 17.6 Å². The number of nitrogens with one attached hydrogen (secondary N) is 1. The summed E-state index contributed by atoms with van der Waals surface area (Å²) >= 11 is 5.83. The van der Waals surface area contributed by atoms with Crippen LogP contribution in [0.25, 0.3) is 0 Å². The van der Waals surface area contributed by atoms with Crippen LogP contribution in [-0.2, 0) is 6.54 Å². The number of hydrogen-bond donors (Lipinski definition) is 1. The van der Waals surface area contributed by atoms with Crippen LogP contribution in [0.2, 0.25) is 5.02 Å². The van der Waals surface area contributed by atoms with Crippen LogP contribution in [0.4, 0.5) is 4.39 Å². The van der Waals surface area contributed by atoms with Crippen LogP contribution in [0.3, 0.4) is 0 Å². The van der Waals surface area contributed by atoms with Gasteiger partial charge in [0.25, 0.3) is 0 Å². The Bertz CT molecular complexity index is 531. The van der Waals surface area contributed by atoms with E-state index in [1.807, 2.05) is 0 Å². The first kappa shape index (κ1) is 14.0. The molecule has 0 aliphatic carbocycles. The lowest BCUT2D eigenvalue weighted by Gasteiger charge is -2.14. The van der Waals surface area contributed by atoms with Crippen molar-refractivity contribution in [2.45, 2.75) is 26.4 Å². The van der Waals surface area contributed by atoms with Crippen LogP contribution >= 0.6 is 11.6 Å². The molecule has 100 valence electrons. The summed E-state index contributed by atoms with van der Waals surface area (Å²) in [7, 11) is 0. The molecule has 0 radical (unpaired) electrons. The smallest absolute Gasteiger partial charge is 0.125 e. The second-order valence-corrected chi connectivity index (χ2v) is 5.23. The molecule has 0 amide bonds. The summed E-state index contributed by atoms with van der Waals surface area (Å²) < 4.78 is 13.2. The summed E-state index contributed by atoms with van der Waals surface area (Å²) in [4.78, 5) is 0. The van der Waals surface area contributed by atoms with Crippen molar-refractivity contribution >= 4 is 11.6 Å². The lowest BCUT2D eigenvalue weighted by atomic mass is 10.1. The van der Waals surface area contributed by atoms with E-state index < -0.39 is 0 Å². The Kier molecular flexibility index (Phi) is 4.56. The first-order valence-electron chi connectivity index (χ1n) is 6.29. The Hall–Kier alpha value is -1.38. The molecule has 0 saturated heterocycles. The minimum absolute atomic E-state index is 0.211. The SMILES string of the molecule is Cc1ccc([C@H](C)NCc2cc(F)cc(Cl)c2)cc1. The second-order valence-electron chi connectivity index (χ2n) is 4.79. The zero-order valence-corrected chi connectivity index (χ0v) is 11.8. The van der Waals surface area contributed by atoms with Gasteiger partial charge in [-0.3, -0.25) is 0 Å². The molecule has 1 N–H and O–H groups in total. The van der Waals surface area contributed by atoms with E-state index in [1.54, 1.807) is 6.07 Å². The van der Waals surface area contributed by atoms with Crippen molar-refractivity contribution in [1.29, 1.82) is 0 Å². The molecule has 0 aliphatic heterocycles. The van der Waals surface area contributed by atoms with E-state index in [0.717, 1.165) is 5.56 Å². The normalized spacial score (nSPS) is 12.4. The summed E-state index contributed by atoms with van der Waals surface area (Å²) in [6, 6.07) is 13.2. The highest BCUT2D eigenvalue weighted by atomic mass is 35.5. The molecular weight excluding hydrogens is 261 g/mol. The molecule has 0 unspecified atom stereocenters. The van der Waals surface area contributed by atoms with Crippen molar-refractivity contribution in [2.24, 2.45) is 0 Å². The molecule has 0 bridgehead atoms. The van der Waals surface area contributed by atoms with Crippen LogP contribution in [0.15, 0.2) is 42.5 Å². The molecule has 3 heteroatoms. The maximum atomic E-state index is 13.2. The van der Waals surface area contributed by atoms with Crippen molar-refractivity contribution in [2.75, 3.05) is 0 Å². The predicted molar refractivity (Wildman–Crippen MR) is 77.8 cm³/mol. The van der Waals surface area contributed by atoms with E-state index in [1.165, 1.54) is 23.3 Å². The third-order valence-electron chi connectivity index (χ3n) is 3.11. The molecule has 0 fully saturated rings. The van der Waals surface area contributed by atoms with E-state index in [4.69, 9.17) is 11.6 Å². The van der Waals surface area contributed by atoms with Gasteiger partial charge in [-0.15, -0.1) is 0 Å². The van der Waals surface area contributed by atoms with Crippen molar-refractivity contribution in [3.05, 3.63) is 70.0 Å². The van der Waals surface area contributed by atoms with Gasteiger partial charge in [0.1, 0.15) is 5.82 Å². The largest absolute Gasteiger partial charge is 0.306 e. The first-order chi connectivity index (χ1) is 9.04. The van der Waals surface area contributed by atoms with Gasteiger partial charge in [-0.05, 0) is 43.2 Å². The fraction of sp³-hybridized carbons (Fsp3) is 0.250. The van der Waals surface area contributed by atoms with E-state index in [2.05, 4.69) is 43.4 Å². The molecule has 19 heavy (non-hydrogen) atoms. The third kappa shape index (κ3) is 4.05. The summed E-state index contributed by atoms with van der Waals surface area (Å²) in [6.45, 7) is 4.74. The van der Waals surface area contributed by atoms with Gasteiger partial charge in [-0.2, -0.15) is 0 Å². The van der Waals surface area contributed by atoms with Gasteiger partial charge in [0.2, 0.25) is 0 Å². The van der Waals surface area contributed by atoms with Crippen LogP contribution in [0, 0.1) is 12.7 Å². The summed E-state index contributed by atoms with van der Waals surface area (Å²) in [5.41, 5.74) is 3.31. The standard InChI is InChI=1S/C16H17ClFN/c1-11-3-5-14(6-4-11)12(2)19-10-13-7-15(17)9-16(18)8-13/h3-9,12,19H,10H2,1-2H3/t12-/m0/s1. The van der Waals surface area contributed by atoms with Gasteiger partial charge >= 0.3 is 0 Å². The van der Waals surface area contributed by atoms with Gasteiger partial charge in [0.05, 0.1) is 0 Å². The van der Waals surface area contributed by atoms with E-state index in [9.17, 15) is 4.39 Å².